The van der Waals surface area contributed by atoms with Gasteiger partial charge >= 0.3 is 5.97 Å². The van der Waals surface area contributed by atoms with Gasteiger partial charge in [0.2, 0.25) is 0 Å². The minimum Gasteiger partial charge on any atom is -0.593 e. The molecule has 202 valence electrons. The van der Waals surface area contributed by atoms with Crippen LogP contribution in [0.4, 0.5) is 0 Å². The number of nitrogens with one attached hydrogen (secondary N) is 1. The summed E-state index contributed by atoms with van der Waals surface area (Å²) in [6.07, 6.45) is 5.12. The Morgan fingerprint density at radius 2 is 2.11 bits per heavy atom. The summed E-state index contributed by atoms with van der Waals surface area (Å²) >= 11 is 0. The number of ether oxygens (including phenoxy) is 2. The minimum absolute atomic E-state index is 0.0549. The Hall–Kier alpha value is -2.97. The quantitative estimate of drug-likeness (QED) is 0.136. The van der Waals surface area contributed by atoms with E-state index in [1.165, 1.54) is 30.1 Å². The second-order valence-corrected chi connectivity index (χ2v) is 10.5. The Bertz CT molecular complexity index is 1140. The number of sulfonamides is 1. The molecular weight excluding hydrogens is 502 g/mol. The van der Waals surface area contributed by atoms with E-state index in [0.717, 1.165) is 5.56 Å². The lowest BCUT2D eigenvalue weighted by molar-refractivity contribution is -0.139. The fourth-order valence-corrected chi connectivity index (χ4v) is 4.75. The Morgan fingerprint density at radius 3 is 2.76 bits per heavy atom. The van der Waals surface area contributed by atoms with Crippen LogP contribution in [0.2, 0.25) is 0 Å². The predicted octanol–water partition coefficient (Wildman–Crippen LogP) is 1.90. The number of oxime groups is 1. The number of esters is 1. The van der Waals surface area contributed by atoms with Gasteiger partial charge in [-0.2, -0.15) is 0 Å². The van der Waals surface area contributed by atoms with E-state index in [2.05, 4.69) is 24.9 Å². The Balaban J connectivity index is 1.71. The van der Waals surface area contributed by atoms with E-state index in [-0.39, 0.29) is 29.9 Å². The van der Waals surface area contributed by atoms with E-state index in [0.29, 0.717) is 12.3 Å². The predicted molar refractivity (Wildman–Crippen MR) is 134 cm³/mol. The van der Waals surface area contributed by atoms with Crippen LogP contribution in [0.5, 0.6) is 0 Å². The van der Waals surface area contributed by atoms with Gasteiger partial charge in [0.05, 0.1) is 45.2 Å². The lowest BCUT2D eigenvalue weighted by Gasteiger charge is -2.23. The number of benzene rings is 1. The average Bonchev–Trinajstić information content (AvgIpc) is 3.52. The largest absolute Gasteiger partial charge is 0.593 e. The van der Waals surface area contributed by atoms with Crippen molar-refractivity contribution in [2.75, 3.05) is 20.3 Å². The fourth-order valence-electron chi connectivity index (χ4n) is 3.49. The maximum absolute atomic E-state index is 13.0. The molecule has 0 aliphatic carbocycles. The molecule has 1 unspecified atom stereocenters. The van der Waals surface area contributed by atoms with Crippen LogP contribution in [0.25, 0.3) is 0 Å². The van der Waals surface area contributed by atoms with E-state index >= 15 is 0 Å². The highest BCUT2D eigenvalue weighted by Gasteiger charge is 2.30. The maximum atomic E-state index is 13.0. The van der Waals surface area contributed by atoms with Gasteiger partial charge in [0, 0.05) is 0 Å². The van der Waals surface area contributed by atoms with Crippen LogP contribution in [0, 0.1) is 12.8 Å². The van der Waals surface area contributed by atoms with Crippen molar-refractivity contribution >= 4 is 22.6 Å². The van der Waals surface area contributed by atoms with Crippen LogP contribution in [0.15, 0.2) is 52.7 Å². The van der Waals surface area contributed by atoms with Gasteiger partial charge in [-0.1, -0.05) is 51.3 Å². The molecule has 1 aromatic carbocycles. The van der Waals surface area contributed by atoms with Gasteiger partial charge in [0.25, 0.3) is 0 Å². The van der Waals surface area contributed by atoms with Crippen LogP contribution in [0.1, 0.15) is 43.7 Å². The first-order valence-corrected chi connectivity index (χ1v) is 13.3. The third-order valence-corrected chi connectivity index (χ3v) is 7.36. The highest BCUT2D eigenvalue weighted by Crippen LogP contribution is 2.22. The molecular formula is C24H33N5O7S. The van der Waals surface area contributed by atoms with Gasteiger partial charge < -0.3 is 24.0 Å². The molecule has 2 N–H and O–H groups in total. The molecule has 0 amide bonds. The van der Waals surface area contributed by atoms with Gasteiger partial charge in [-0.3, -0.25) is 4.79 Å². The SMILES string of the molecule is COC(=O)CC=C[C@@H](C)[C@@H](C=NO[C@H](C)c1cn([C@@H]2COC[C@@H]2O)nn1)N[S+](=O)([O-])c1ccc(C)cc1. The Labute approximate surface area is 217 Å². The van der Waals surface area contributed by atoms with Crippen LogP contribution < -0.4 is 4.72 Å². The van der Waals surface area contributed by atoms with E-state index < -0.39 is 34.6 Å². The minimum atomic E-state index is -3.87. The van der Waals surface area contributed by atoms with Gasteiger partial charge in [0.15, 0.2) is 21.4 Å². The number of methoxy groups -OCH3 is 1. The van der Waals surface area contributed by atoms with Gasteiger partial charge in [-0.05, 0) is 31.9 Å². The summed E-state index contributed by atoms with van der Waals surface area (Å²) in [5, 5.41) is 22.1. The molecule has 1 aliphatic heterocycles. The van der Waals surface area contributed by atoms with Crippen LogP contribution in [-0.2, 0) is 33.7 Å². The molecule has 3 rings (SSSR count). The molecule has 6 atom stereocenters. The van der Waals surface area contributed by atoms with Crippen molar-refractivity contribution in [3.05, 3.63) is 53.9 Å². The van der Waals surface area contributed by atoms with Crippen LogP contribution >= 0.6 is 0 Å². The number of aliphatic hydroxyl groups excluding tert-OH is 1. The fraction of sp³-hybridized carbons (Fsp3) is 0.500. The summed E-state index contributed by atoms with van der Waals surface area (Å²) in [7, 11) is -2.57. The van der Waals surface area contributed by atoms with Crippen molar-refractivity contribution in [3.63, 3.8) is 0 Å². The second kappa shape index (κ2) is 13.0. The number of hydrogen-bond acceptors (Lipinski definition) is 10. The topological polar surface area (TPSA) is 160 Å². The summed E-state index contributed by atoms with van der Waals surface area (Å²) in [4.78, 5) is 17.1. The zero-order chi connectivity index (χ0) is 27.0. The summed E-state index contributed by atoms with van der Waals surface area (Å²) in [5.41, 5.74) is 1.42. The third kappa shape index (κ3) is 8.01. The molecule has 1 fully saturated rings. The molecule has 1 saturated heterocycles. The zero-order valence-corrected chi connectivity index (χ0v) is 22.0. The smallest absolute Gasteiger partial charge is 0.309 e. The normalized spacial score (nSPS) is 22.1. The first-order valence-electron chi connectivity index (χ1n) is 11.8. The summed E-state index contributed by atoms with van der Waals surface area (Å²) in [5.74, 6) is -0.784. The molecule has 0 radical (unpaired) electrons. The van der Waals surface area contributed by atoms with Crippen molar-refractivity contribution < 1.29 is 33.0 Å². The highest BCUT2D eigenvalue weighted by atomic mass is 32.3. The van der Waals surface area contributed by atoms with Gasteiger partial charge in [0.1, 0.15) is 17.8 Å². The monoisotopic (exact) mass is 535 g/mol. The van der Waals surface area contributed by atoms with Crippen LogP contribution in [-0.4, -0.2) is 69.3 Å². The van der Waals surface area contributed by atoms with Gasteiger partial charge in [-0.15, -0.1) is 9.82 Å². The van der Waals surface area contributed by atoms with Gasteiger partial charge in [-0.25, -0.2) is 4.68 Å². The van der Waals surface area contributed by atoms with Crippen molar-refractivity contribution in [1.82, 2.24) is 19.7 Å². The summed E-state index contributed by atoms with van der Waals surface area (Å²) < 4.78 is 40.1. The first kappa shape index (κ1) is 28.6. The second-order valence-electron chi connectivity index (χ2n) is 8.83. The number of carbonyl (C=O) groups excluding carboxylic acids is 1. The Morgan fingerprint density at radius 1 is 1.38 bits per heavy atom. The molecule has 0 saturated carbocycles. The zero-order valence-electron chi connectivity index (χ0n) is 21.2. The van der Waals surface area contributed by atoms with E-state index in [1.807, 2.05) is 6.92 Å². The lowest BCUT2D eigenvalue weighted by atomic mass is 10.0. The Kier molecular flexibility index (Phi) is 10.1. The number of aryl methyl sites for hydroxylation is 1. The van der Waals surface area contributed by atoms with Crippen molar-refractivity contribution in [1.29, 1.82) is 0 Å². The average molecular weight is 536 g/mol. The molecule has 1 aliphatic rings. The molecule has 37 heavy (non-hydrogen) atoms. The number of aromatic nitrogens is 3. The standard InChI is InChI=1S/C24H33N5O7S/c1-16-8-10-19(11-9-16)37(32,33)27-20(17(2)6-5-7-24(31)34-4)12-25-36-18(3)21-13-29(28-26-21)22-14-35-15-23(22)30/h5-6,8-13,17-18,20,22-23,30H,7,14-15H2,1-4H3,(H-,27,32,33)/t17-,18-,20-,22-,23+/m1/s1. The van der Waals surface area contributed by atoms with Crippen molar-refractivity contribution in [2.45, 2.75) is 56.4 Å². The summed E-state index contributed by atoms with van der Waals surface area (Å²) in [6, 6.07) is 5.37. The number of aliphatic hydroxyl groups is 1. The third-order valence-electron chi connectivity index (χ3n) is 5.89. The van der Waals surface area contributed by atoms with E-state index in [9.17, 15) is 18.7 Å². The summed E-state index contributed by atoms with van der Waals surface area (Å²) in [6.45, 7) is 5.95. The van der Waals surface area contributed by atoms with E-state index in [4.69, 9.17) is 9.57 Å². The number of carbonyl (C=O) groups is 1. The molecule has 0 bridgehead atoms. The maximum Gasteiger partial charge on any atom is 0.309 e. The van der Waals surface area contributed by atoms with E-state index in [1.54, 1.807) is 44.3 Å². The molecule has 0 spiro atoms. The van der Waals surface area contributed by atoms with Crippen molar-refractivity contribution in [2.24, 2.45) is 11.1 Å². The number of rotatable bonds is 12. The van der Waals surface area contributed by atoms with Crippen LogP contribution in [0.3, 0.4) is 0 Å². The first-order chi connectivity index (χ1) is 17.6. The van der Waals surface area contributed by atoms with Crippen molar-refractivity contribution in [3.8, 4) is 0 Å². The highest BCUT2D eigenvalue weighted by molar-refractivity contribution is 7.95. The molecule has 2 heterocycles. The molecule has 1 aromatic heterocycles. The number of hydrogen-bond donors (Lipinski definition) is 2. The molecule has 2 aromatic rings. The number of nitrogens with zero attached hydrogens (tertiary/aromatic N) is 4. The molecule has 12 nitrogen and oxygen atoms in total. The lowest BCUT2D eigenvalue weighted by Crippen LogP contribution is -2.43. The molecule has 13 heteroatoms.